The van der Waals surface area contributed by atoms with Gasteiger partial charge in [0, 0.05) is 0 Å². The van der Waals surface area contributed by atoms with Gasteiger partial charge in [0.1, 0.15) is 5.25 Å². The van der Waals surface area contributed by atoms with E-state index in [1.165, 1.54) is 11.8 Å². The molecular formula is C16H17N3O2S. The van der Waals surface area contributed by atoms with Crippen LogP contribution in [0.1, 0.15) is 20.8 Å². The van der Waals surface area contributed by atoms with Crippen LogP contribution in [0.3, 0.4) is 0 Å². The molecule has 3 aromatic rings. The Morgan fingerprint density at radius 3 is 2.68 bits per heavy atom. The van der Waals surface area contributed by atoms with E-state index >= 15 is 0 Å². The Balaban J connectivity index is 1.97. The van der Waals surface area contributed by atoms with Crippen LogP contribution in [0.25, 0.3) is 16.6 Å². The minimum Gasteiger partial charge on any atom is -0.462 e. The van der Waals surface area contributed by atoms with Crippen LogP contribution in [-0.4, -0.2) is 31.9 Å². The van der Waals surface area contributed by atoms with Crippen LogP contribution in [0, 0.1) is 0 Å². The van der Waals surface area contributed by atoms with Crippen LogP contribution < -0.4 is 0 Å². The van der Waals surface area contributed by atoms with Gasteiger partial charge < -0.3 is 4.74 Å². The van der Waals surface area contributed by atoms with E-state index in [-0.39, 0.29) is 17.3 Å². The second kappa shape index (κ2) is 5.96. The molecule has 2 aromatic heterocycles. The highest BCUT2D eigenvalue weighted by atomic mass is 32.2. The first-order valence-electron chi connectivity index (χ1n) is 7.16. The molecule has 6 heteroatoms. The third-order valence-electron chi connectivity index (χ3n) is 3.21. The SMILES string of the molecule is CC(C)OC(=O)[C@@H](C)Sc1nnc2ccc3ccccc3n12. The summed E-state index contributed by atoms with van der Waals surface area (Å²) >= 11 is 1.36. The fourth-order valence-electron chi connectivity index (χ4n) is 2.22. The lowest BCUT2D eigenvalue weighted by atomic mass is 10.2. The number of rotatable bonds is 4. The van der Waals surface area contributed by atoms with E-state index in [0.717, 1.165) is 16.6 Å². The molecule has 0 amide bonds. The van der Waals surface area contributed by atoms with Gasteiger partial charge in [0.15, 0.2) is 10.8 Å². The first kappa shape index (κ1) is 14.8. The molecule has 1 atom stereocenters. The predicted molar refractivity (Wildman–Crippen MR) is 87.0 cm³/mol. The quantitative estimate of drug-likeness (QED) is 0.546. The topological polar surface area (TPSA) is 56.5 Å². The van der Waals surface area contributed by atoms with Crippen LogP contribution >= 0.6 is 11.8 Å². The summed E-state index contributed by atoms with van der Waals surface area (Å²) in [7, 11) is 0. The number of pyridine rings is 1. The number of hydrogen-bond acceptors (Lipinski definition) is 5. The Labute approximate surface area is 132 Å². The Bertz CT molecular complexity index is 828. The van der Waals surface area contributed by atoms with Crippen LogP contribution in [0.5, 0.6) is 0 Å². The minimum absolute atomic E-state index is 0.119. The van der Waals surface area contributed by atoms with Gasteiger partial charge in [-0.05, 0) is 44.4 Å². The summed E-state index contributed by atoms with van der Waals surface area (Å²) in [5.41, 5.74) is 1.79. The van der Waals surface area contributed by atoms with Crippen molar-refractivity contribution >= 4 is 34.3 Å². The van der Waals surface area contributed by atoms with Crippen molar-refractivity contribution in [2.45, 2.75) is 37.3 Å². The maximum absolute atomic E-state index is 12.0. The molecule has 0 bridgehead atoms. The zero-order chi connectivity index (χ0) is 15.7. The van der Waals surface area contributed by atoms with Crippen molar-refractivity contribution in [2.24, 2.45) is 0 Å². The molecule has 0 aliphatic heterocycles. The second-order valence-electron chi connectivity index (χ2n) is 5.31. The molecule has 114 valence electrons. The lowest BCUT2D eigenvalue weighted by Gasteiger charge is -2.13. The van der Waals surface area contributed by atoms with Crippen molar-refractivity contribution in [2.75, 3.05) is 0 Å². The van der Waals surface area contributed by atoms with Crippen molar-refractivity contribution in [1.29, 1.82) is 0 Å². The summed E-state index contributed by atoms with van der Waals surface area (Å²) in [6, 6.07) is 12.0. The van der Waals surface area contributed by atoms with E-state index in [1.807, 2.05) is 61.6 Å². The summed E-state index contributed by atoms with van der Waals surface area (Å²) in [4.78, 5) is 12.0. The van der Waals surface area contributed by atoms with Gasteiger partial charge in [-0.1, -0.05) is 30.0 Å². The first-order valence-corrected chi connectivity index (χ1v) is 8.04. The monoisotopic (exact) mass is 315 g/mol. The number of ether oxygens (including phenoxy) is 1. The molecule has 0 saturated carbocycles. The molecule has 0 fully saturated rings. The summed E-state index contributed by atoms with van der Waals surface area (Å²) in [6.07, 6.45) is -0.119. The molecule has 0 aliphatic carbocycles. The lowest BCUT2D eigenvalue weighted by Crippen LogP contribution is -2.21. The van der Waals surface area contributed by atoms with E-state index in [9.17, 15) is 4.79 Å². The Morgan fingerprint density at radius 1 is 1.14 bits per heavy atom. The lowest BCUT2D eigenvalue weighted by molar-refractivity contribution is -0.146. The summed E-state index contributed by atoms with van der Waals surface area (Å²) < 4.78 is 7.21. The van der Waals surface area contributed by atoms with Crippen molar-refractivity contribution in [1.82, 2.24) is 14.6 Å². The third-order valence-corrected chi connectivity index (χ3v) is 4.24. The predicted octanol–water partition coefficient (Wildman–Crippen LogP) is 3.31. The number of aromatic nitrogens is 3. The van der Waals surface area contributed by atoms with Crippen molar-refractivity contribution in [3.8, 4) is 0 Å². The largest absolute Gasteiger partial charge is 0.462 e. The molecule has 0 radical (unpaired) electrons. The standard InChI is InChI=1S/C16H17N3O2S/c1-10(2)21-15(20)11(3)22-16-18-17-14-9-8-12-6-4-5-7-13(12)19(14)16/h4-11H,1-3H3/t11-/m1/s1. The van der Waals surface area contributed by atoms with Crippen LogP contribution in [0.4, 0.5) is 0 Å². The summed E-state index contributed by atoms with van der Waals surface area (Å²) in [6.45, 7) is 5.51. The molecule has 22 heavy (non-hydrogen) atoms. The first-order chi connectivity index (χ1) is 10.6. The Morgan fingerprint density at radius 2 is 1.91 bits per heavy atom. The van der Waals surface area contributed by atoms with Gasteiger partial charge in [0.05, 0.1) is 11.6 Å². The Hall–Kier alpha value is -2.08. The third kappa shape index (κ3) is 2.78. The second-order valence-corrected chi connectivity index (χ2v) is 6.62. The number of esters is 1. The number of carbonyl (C=O) groups is 1. The number of para-hydroxylation sites is 1. The van der Waals surface area contributed by atoms with Crippen LogP contribution in [0.15, 0.2) is 41.6 Å². The van der Waals surface area contributed by atoms with Gasteiger partial charge in [0.2, 0.25) is 0 Å². The van der Waals surface area contributed by atoms with E-state index < -0.39 is 0 Å². The highest BCUT2D eigenvalue weighted by Crippen LogP contribution is 2.26. The molecule has 5 nitrogen and oxygen atoms in total. The highest BCUT2D eigenvalue weighted by molar-refractivity contribution is 8.00. The van der Waals surface area contributed by atoms with Gasteiger partial charge in [-0.3, -0.25) is 9.20 Å². The molecule has 0 aliphatic rings. The average molecular weight is 315 g/mol. The van der Waals surface area contributed by atoms with E-state index in [1.54, 1.807) is 0 Å². The van der Waals surface area contributed by atoms with E-state index in [4.69, 9.17) is 4.74 Å². The van der Waals surface area contributed by atoms with Crippen molar-refractivity contribution in [3.05, 3.63) is 36.4 Å². The normalized spacial score (nSPS) is 12.9. The Kier molecular flexibility index (Phi) is 4.02. The molecule has 0 saturated heterocycles. The highest BCUT2D eigenvalue weighted by Gasteiger charge is 2.20. The smallest absolute Gasteiger partial charge is 0.319 e. The fourth-order valence-corrected chi connectivity index (χ4v) is 3.08. The molecule has 0 unspecified atom stereocenters. The van der Waals surface area contributed by atoms with E-state index in [0.29, 0.717) is 5.16 Å². The van der Waals surface area contributed by atoms with Crippen molar-refractivity contribution in [3.63, 3.8) is 0 Å². The maximum Gasteiger partial charge on any atom is 0.319 e. The molecule has 0 spiro atoms. The van der Waals surface area contributed by atoms with Gasteiger partial charge in [-0.15, -0.1) is 10.2 Å². The number of carbonyl (C=O) groups excluding carboxylic acids is 1. The van der Waals surface area contributed by atoms with Crippen LogP contribution in [-0.2, 0) is 9.53 Å². The van der Waals surface area contributed by atoms with Gasteiger partial charge in [-0.2, -0.15) is 0 Å². The maximum atomic E-state index is 12.0. The molecular weight excluding hydrogens is 298 g/mol. The number of hydrogen-bond donors (Lipinski definition) is 0. The average Bonchev–Trinajstić information content (AvgIpc) is 2.90. The summed E-state index contributed by atoms with van der Waals surface area (Å²) in [5, 5.41) is 9.86. The number of nitrogens with zero attached hydrogens (tertiary/aromatic N) is 3. The number of benzene rings is 1. The number of fused-ring (bicyclic) bond motifs is 3. The zero-order valence-electron chi connectivity index (χ0n) is 12.7. The molecule has 0 N–H and O–H groups in total. The van der Waals surface area contributed by atoms with Gasteiger partial charge in [-0.25, -0.2) is 0 Å². The van der Waals surface area contributed by atoms with Gasteiger partial charge >= 0.3 is 5.97 Å². The van der Waals surface area contributed by atoms with Gasteiger partial charge in [0.25, 0.3) is 0 Å². The zero-order valence-corrected chi connectivity index (χ0v) is 13.5. The minimum atomic E-state index is -0.339. The summed E-state index contributed by atoms with van der Waals surface area (Å²) in [5.74, 6) is -0.239. The number of thioether (sulfide) groups is 1. The molecule has 1 aromatic carbocycles. The van der Waals surface area contributed by atoms with Crippen molar-refractivity contribution < 1.29 is 9.53 Å². The van der Waals surface area contributed by atoms with E-state index in [2.05, 4.69) is 10.2 Å². The fraction of sp³-hybridized carbons (Fsp3) is 0.312. The molecule has 2 heterocycles. The molecule has 3 rings (SSSR count). The van der Waals surface area contributed by atoms with Crippen LogP contribution in [0.2, 0.25) is 0 Å².